The topological polar surface area (TPSA) is 153 Å². The van der Waals surface area contributed by atoms with E-state index in [0.29, 0.717) is 59.4 Å². The molecular weight excluding hydrogens is 478 g/mol. The number of nitrogens with zero attached hydrogens (tertiary/aromatic N) is 5. The molecule has 0 radical (unpaired) electrons. The zero-order valence-electron chi connectivity index (χ0n) is 19.8. The number of anilines is 1. The van der Waals surface area contributed by atoms with E-state index < -0.39 is 6.10 Å². The van der Waals surface area contributed by atoms with Gasteiger partial charge in [0.25, 0.3) is 11.5 Å². The number of hydrogen-bond acceptors (Lipinski definition) is 10. The van der Waals surface area contributed by atoms with Crippen LogP contribution in [-0.2, 0) is 24.2 Å². The van der Waals surface area contributed by atoms with Gasteiger partial charge < -0.3 is 25.2 Å². The summed E-state index contributed by atoms with van der Waals surface area (Å²) in [6, 6.07) is 8.62. The van der Waals surface area contributed by atoms with Gasteiger partial charge in [-0.25, -0.2) is 9.97 Å². The Morgan fingerprint density at radius 1 is 1.16 bits per heavy atom. The molecule has 1 amide bonds. The van der Waals surface area contributed by atoms with Crippen LogP contribution < -0.4 is 25.7 Å². The van der Waals surface area contributed by atoms with Crippen molar-refractivity contribution in [3.8, 4) is 17.3 Å². The van der Waals surface area contributed by atoms with Crippen LogP contribution in [0.3, 0.4) is 0 Å². The molecule has 37 heavy (non-hydrogen) atoms. The van der Waals surface area contributed by atoms with Gasteiger partial charge in [0.05, 0.1) is 37.0 Å². The van der Waals surface area contributed by atoms with E-state index >= 15 is 0 Å². The molecule has 4 aromatic rings. The van der Waals surface area contributed by atoms with E-state index in [1.54, 1.807) is 24.4 Å². The Kier molecular flexibility index (Phi) is 5.74. The fourth-order valence-corrected chi connectivity index (χ4v) is 4.61. The summed E-state index contributed by atoms with van der Waals surface area (Å²) in [6.07, 6.45) is 3.07. The van der Waals surface area contributed by atoms with E-state index in [-0.39, 0.29) is 24.1 Å². The lowest BCUT2D eigenvalue weighted by Crippen LogP contribution is -2.45. The number of carbonyl (C=O) groups is 1. The van der Waals surface area contributed by atoms with Crippen LogP contribution in [0, 0.1) is 0 Å². The summed E-state index contributed by atoms with van der Waals surface area (Å²) in [5.41, 5.74) is 3.51. The summed E-state index contributed by atoms with van der Waals surface area (Å²) in [6.45, 7) is 0.371. The number of aromatic nitrogens is 5. The second-order valence-corrected chi connectivity index (χ2v) is 8.88. The molecule has 0 aromatic carbocycles. The number of amides is 1. The molecule has 4 aromatic heterocycles. The first kappa shape index (κ1) is 23.0. The first-order valence-electron chi connectivity index (χ1n) is 11.7. The normalized spacial score (nSPS) is 18.5. The van der Waals surface area contributed by atoms with Crippen molar-refractivity contribution in [2.45, 2.75) is 31.5 Å². The molecule has 12 nitrogen and oxygen atoms in total. The van der Waals surface area contributed by atoms with Gasteiger partial charge in [0.15, 0.2) is 23.8 Å². The van der Waals surface area contributed by atoms with Crippen LogP contribution in [0.25, 0.3) is 16.9 Å². The molecule has 0 fully saturated rings. The third-order valence-corrected chi connectivity index (χ3v) is 6.47. The second kappa shape index (κ2) is 9.22. The average molecular weight is 502 g/mol. The van der Waals surface area contributed by atoms with E-state index in [1.165, 1.54) is 17.9 Å². The van der Waals surface area contributed by atoms with Gasteiger partial charge in [0.1, 0.15) is 5.52 Å². The Morgan fingerprint density at radius 3 is 2.92 bits per heavy atom. The van der Waals surface area contributed by atoms with Crippen LogP contribution in [-0.4, -0.2) is 61.4 Å². The van der Waals surface area contributed by atoms with Gasteiger partial charge in [-0.2, -0.15) is 4.98 Å². The molecule has 1 unspecified atom stereocenters. The number of fused-ring (bicyclic) bond motifs is 3. The van der Waals surface area contributed by atoms with Crippen LogP contribution >= 0.6 is 0 Å². The molecule has 0 spiro atoms. The van der Waals surface area contributed by atoms with Crippen molar-refractivity contribution in [1.82, 2.24) is 29.8 Å². The fourth-order valence-electron chi connectivity index (χ4n) is 4.61. The largest absolute Gasteiger partial charge is 0.481 e. The minimum atomic E-state index is -0.672. The summed E-state index contributed by atoms with van der Waals surface area (Å²) in [5.74, 6) is 1.05. The minimum absolute atomic E-state index is 0.0224. The molecule has 0 saturated carbocycles. The zero-order chi connectivity index (χ0) is 25.5. The molecule has 0 saturated heterocycles. The molecule has 3 N–H and O–H groups in total. The van der Waals surface area contributed by atoms with Gasteiger partial charge in [-0.3, -0.25) is 19.1 Å². The number of methoxy groups -OCH3 is 1. The highest BCUT2D eigenvalue weighted by molar-refractivity contribution is 5.94. The number of aliphatic hydroxyl groups excluding tert-OH is 1. The van der Waals surface area contributed by atoms with Crippen LogP contribution in [0.1, 0.15) is 17.0 Å². The quantitative estimate of drug-likeness (QED) is 0.353. The molecular formula is C25H23N7O5. The van der Waals surface area contributed by atoms with Crippen molar-refractivity contribution >= 4 is 22.9 Å². The van der Waals surface area contributed by atoms with E-state index in [2.05, 4.69) is 30.6 Å². The first-order chi connectivity index (χ1) is 18.0. The third-order valence-electron chi connectivity index (χ3n) is 6.47. The number of rotatable bonds is 5. The monoisotopic (exact) mass is 501 g/mol. The fraction of sp³-hybridized carbons (Fsp3) is 0.280. The molecule has 6 rings (SSSR count). The summed E-state index contributed by atoms with van der Waals surface area (Å²) >= 11 is 0. The molecule has 1 aliphatic carbocycles. The van der Waals surface area contributed by atoms with Gasteiger partial charge in [0, 0.05) is 37.2 Å². The Balaban J connectivity index is 1.23. The van der Waals surface area contributed by atoms with Crippen LogP contribution in [0.15, 0.2) is 47.5 Å². The number of ether oxygens (including phenoxy) is 2. The van der Waals surface area contributed by atoms with Crippen molar-refractivity contribution in [3.05, 3.63) is 70.0 Å². The van der Waals surface area contributed by atoms with Gasteiger partial charge in [0.2, 0.25) is 5.88 Å². The number of hydrogen-bond donors (Lipinski definition) is 3. The van der Waals surface area contributed by atoms with Crippen molar-refractivity contribution in [2.75, 3.05) is 19.0 Å². The lowest BCUT2D eigenvalue weighted by molar-refractivity contribution is -0.118. The minimum Gasteiger partial charge on any atom is -0.481 e. The number of carbonyl (C=O) groups excluding carboxylic acids is 1. The number of pyridine rings is 3. The SMILES string of the molecule is COc1ccc2ncc(=O)n(-c3cnc4c(c3)CC(O)[C@@H](NCc3ccc5c(n3)NC(=O)CO5)C4)c2n1. The Labute approximate surface area is 210 Å². The molecule has 2 atom stereocenters. The zero-order valence-corrected chi connectivity index (χ0v) is 19.8. The molecule has 5 heterocycles. The molecule has 0 bridgehead atoms. The predicted octanol–water partition coefficient (Wildman–Crippen LogP) is 0.528. The van der Waals surface area contributed by atoms with Crippen molar-refractivity contribution in [2.24, 2.45) is 0 Å². The lowest BCUT2D eigenvalue weighted by atomic mass is 9.89. The van der Waals surface area contributed by atoms with Crippen LogP contribution in [0.2, 0.25) is 0 Å². The standard InChI is InChI=1S/C25H23N7O5/c1-36-22-5-3-16-25(31-22)32(23(35)11-28-16)15-6-13-7-19(33)18(8-17(13)27-10-15)26-9-14-2-4-20-24(29-14)30-21(34)12-37-20/h2-6,10-11,18-19,26,33H,7-9,12H2,1H3,(H,29,30,34)/t18-,19?/m0/s1. The second-order valence-electron chi connectivity index (χ2n) is 8.88. The highest BCUT2D eigenvalue weighted by atomic mass is 16.5. The van der Waals surface area contributed by atoms with Crippen LogP contribution in [0.4, 0.5) is 5.82 Å². The maximum Gasteiger partial charge on any atom is 0.275 e. The lowest BCUT2D eigenvalue weighted by Gasteiger charge is -2.30. The maximum absolute atomic E-state index is 12.7. The Morgan fingerprint density at radius 2 is 2.05 bits per heavy atom. The number of nitrogens with one attached hydrogen (secondary N) is 2. The molecule has 2 aliphatic rings. The summed E-state index contributed by atoms with van der Waals surface area (Å²) in [5, 5.41) is 16.9. The molecule has 188 valence electrons. The Hall–Kier alpha value is -4.42. The summed E-state index contributed by atoms with van der Waals surface area (Å²) in [7, 11) is 1.51. The predicted molar refractivity (Wildman–Crippen MR) is 132 cm³/mol. The average Bonchev–Trinajstić information content (AvgIpc) is 2.91. The van der Waals surface area contributed by atoms with Gasteiger partial charge in [-0.05, 0) is 29.8 Å². The third kappa shape index (κ3) is 4.36. The smallest absolute Gasteiger partial charge is 0.275 e. The first-order valence-corrected chi connectivity index (χ1v) is 11.7. The van der Waals surface area contributed by atoms with Crippen molar-refractivity contribution in [1.29, 1.82) is 0 Å². The maximum atomic E-state index is 12.7. The molecule has 12 heteroatoms. The molecule has 1 aliphatic heterocycles. The van der Waals surface area contributed by atoms with Gasteiger partial charge >= 0.3 is 0 Å². The summed E-state index contributed by atoms with van der Waals surface area (Å²) in [4.78, 5) is 41.9. The van der Waals surface area contributed by atoms with E-state index in [0.717, 1.165) is 11.3 Å². The highest BCUT2D eigenvalue weighted by Crippen LogP contribution is 2.26. The van der Waals surface area contributed by atoms with E-state index in [9.17, 15) is 14.7 Å². The van der Waals surface area contributed by atoms with E-state index in [1.807, 2.05) is 12.1 Å². The van der Waals surface area contributed by atoms with Gasteiger partial charge in [-0.15, -0.1) is 0 Å². The Bertz CT molecular complexity index is 1590. The highest BCUT2D eigenvalue weighted by Gasteiger charge is 2.28. The summed E-state index contributed by atoms with van der Waals surface area (Å²) < 4.78 is 12.0. The number of aliphatic hydroxyl groups is 1. The van der Waals surface area contributed by atoms with Crippen molar-refractivity contribution < 1.29 is 19.4 Å². The van der Waals surface area contributed by atoms with Crippen molar-refractivity contribution in [3.63, 3.8) is 0 Å². The van der Waals surface area contributed by atoms with Crippen LogP contribution in [0.5, 0.6) is 11.6 Å². The van der Waals surface area contributed by atoms with Gasteiger partial charge in [-0.1, -0.05) is 0 Å². The van der Waals surface area contributed by atoms with E-state index in [4.69, 9.17) is 9.47 Å².